The minimum Gasteiger partial charge on any atom is -0.463 e. The minimum absolute atomic E-state index is 0.643. The Labute approximate surface area is 168 Å². The number of alkyl halides is 3. The molecule has 0 saturated carbocycles. The topological polar surface area (TPSA) is 144 Å². The number of rotatable bonds is 6. The normalized spacial score (nSPS) is 26.2. The lowest BCUT2D eigenvalue weighted by atomic mass is 9.95. The van der Waals surface area contributed by atoms with Crippen molar-refractivity contribution in [3.05, 3.63) is 0 Å². The third kappa shape index (κ3) is 7.50. The van der Waals surface area contributed by atoms with Crippen molar-refractivity contribution in [2.75, 3.05) is 6.61 Å². The molecule has 1 aliphatic rings. The van der Waals surface area contributed by atoms with E-state index < -0.39 is 73.2 Å². The standard InChI is InChI=1S/C16H20F3NO10/c1-6(21)26-5-10-12(27-7(2)22)11(20-15(25)16(17,18)19)13(28-8(3)23)14(30-10)29-9(4)24/h10-14H,5H2,1-4H3,(H,20,25)/t10-,11+,12-,13-,14-/m1/s1. The van der Waals surface area contributed by atoms with Crippen LogP contribution in [0.25, 0.3) is 0 Å². The third-order valence-corrected chi connectivity index (χ3v) is 3.54. The second kappa shape index (κ2) is 10.2. The van der Waals surface area contributed by atoms with Crippen LogP contribution in [0.15, 0.2) is 0 Å². The van der Waals surface area contributed by atoms with Gasteiger partial charge in [0, 0.05) is 27.7 Å². The van der Waals surface area contributed by atoms with Gasteiger partial charge in [-0.15, -0.1) is 0 Å². The summed E-state index contributed by atoms with van der Waals surface area (Å²) >= 11 is 0. The highest BCUT2D eigenvalue weighted by Gasteiger charge is 2.54. The maximum absolute atomic E-state index is 12.8. The Morgan fingerprint density at radius 2 is 1.33 bits per heavy atom. The zero-order valence-electron chi connectivity index (χ0n) is 16.3. The Bertz CT molecular complexity index is 695. The van der Waals surface area contributed by atoms with Crippen LogP contribution in [-0.4, -0.2) is 73.2 Å². The number of carbonyl (C=O) groups is 5. The number of ether oxygens (including phenoxy) is 5. The fourth-order valence-electron chi connectivity index (χ4n) is 2.57. The van der Waals surface area contributed by atoms with Crippen molar-refractivity contribution in [3.63, 3.8) is 0 Å². The Morgan fingerprint density at radius 3 is 1.77 bits per heavy atom. The first-order valence-corrected chi connectivity index (χ1v) is 8.40. The number of nitrogens with one attached hydrogen (secondary N) is 1. The van der Waals surface area contributed by atoms with E-state index in [9.17, 15) is 37.1 Å². The van der Waals surface area contributed by atoms with Crippen LogP contribution in [-0.2, 0) is 47.7 Å². The fourth-order valence-corrected chi connectivity index (χ4v) is 2.57. The fraction of sp³-hybridized carbons (Fsp3) is 0.688. The largest absolute Gasteiger partial charge is 0.471 e. The number of amides is 1. The molecule has 11 nitrogen and oxygen atoms in total. The highest BCUT2D eigenvalue weighted by Crippen LogP contribution is 2.29. The van der Waals surface area contributed by atoms with Crippen molar-refractivity contribution in [1.82, 2.24) is 5.32 Å². The van der Waals surface area contributed by atoms with Crippen molar-refractivity contribution in [2.45, 2.75) is 64.5 Å². The summed E-state index contributed by atoms with van der Waals surface area (Å²) in [7, 11) is 0. The molecular formula is C16H20F3NO10. The summed E-state index contributed by atoms with van der Waals surface area (Å²) in [4.78, 5) is 57.0. The predicted octanol–water partition coefficient (Wildman–Crippen LogP) is -0.252. The van der Waals surface area contributed by atoms with E-state index in [1.807, 2.05) is 0 Å². The van der Waals surface area contributed by atoms with Gasteiger partial charge in [-0.05, 0) is 0 Å². The first kappa shape index (κ1) is 25.1. The average molecular weight is 443 g/mol. The molecule has 1 heterocycles. The summed E-state index contributed by atoms with van der Waals surface area (Å²) in [6.07, 6.45) is -12.2. The van der Waals surface area contributed by atoms with Crippen molar-refractivity contribution in [1.29, 1.82) is 0 Å². The number of carbonyl (C=O) groups excluding carboxylic acids is 5. The summed E-state index contributed by atoms with van der Waals surface area (Å²) < 4.78 is 63.3. The van der Waals surface area contributed by atoms with Gasteiger partial charge in [0.15, 0.2) is 12.2 Å². The molecule has 0 aliphatic carbocycles. The number of esters is 4. The Hall–Kier alpha value is -2.90. The molecule has 30 heavy (non-hydrogen) atoms. The van der Waals surface area contributed by atoms with Gasteiger partial charge in [0.2, 0.25) is 6.29 Å². The van der Waals surface area contributed by atoms with Gasteiger partial charge < -0.3 is 29.0 Å². The molecule has 14 heteroatoms. The van der Waals surface area contributed by atoms with Gasteiger partial charge in [-0.3, -0.25) is 24.0 Å². The molecule has 0 aromatic heterocycles. The van der Waals surface area contributed by atoms with Gasteiger partial charge in [0.05, 0.1) is 0 Å². The number of halogens is 3. The maximum atomic E-state index is 12.8. The third-order valence-electron chi connectivity index (χ3n) is 3.54. The molecule has 0 bridgehead atoms. The quantitative estimate of drug-likeness (QED) is 0.431. The SMILES string of the molecule is CC(=O)OC[C@H]1O[C@@H](OC(C)=O)[C@H](OC(C)=O)[C@@H](NC(=O)C(F)(F)F)[C@@H]1OC(C)=O. The van der Waals surface area contributed by atoms with Crippen LogP contribution < -0.4 is 5.32 Å². The average Bonchev–Trinajstić information content (AvgIpc) is 2.56. The van der Waals surface area contributed by atoms with Crippen LogP contribution in [0.2, 0.25) is 0 Å². The number of hydrogen-bond acceptors (Lipinski definition) is 10. The summed E-state index contributed by atoms with van der Waals surface area (Å²) in [5.74, 6) is -6.23. The number of hydrogen-bond donors (Lipinski definition) is 1. The highest BCUT2D eigenvalue weighted by molar-refractivity contribution is 5.82. The van der Waals surface area contributed by atoms with Gasteiger partial charge >= 0.3 is 36.0 Å². The lowest BCUT2D eigenvalue weighted by molar-refractivity contribution is -0.278. The Kier molecular flexibility index (Phi) is 8.57. The van der Waals surface area contributed by atoms with E-state index in [2.05, 4.69) is 0 Å². The zero-order valence-corrected chi connectivity index (χ0v) is 16.3. The molecule has 0 radical (unpaired) electrons. The molecule has 0 unspecified atom stereocenters. The van der Waals surface area contributed by atoms with E-state index in [4.69, 9.17) is 23.7 Å². The van der Waals surface area contributed by atoms with E-state index in [0.29, 0.717) is 0 Å². The molecule has 1 amide bonds. The van der Waals surface area contributed by atoms with Crippen LogP contribution in [0.1, 0.15) is 27.7 Å². The molecule has 1 saturated heterocycles. The van der Waals surface area contributed by atoms with Crippen LogP contribution in [0.3, 0.4) is 0 Å². The van der Waals surface area contributed by atoms with Gasteiger partial charge in [0.1, 0.15) is 18.8 Å². The molecule has 5 atom stereocenters. The summed E-state index contributed by atoms with van der Waals surface area (Å²) in [5, 5.41) is 1.56. The lowest BCUT2D eigenvalue weighted by Gasteiger charge is -2.44. The van der Waals surface area contributed by atoms with Gasteiger partial charge in [-0.2, -0.15) is 13.2 Å². The predicted molar refractivity (Wildman–Crippen MR) is 86.2 cm³/mol. The van der Waals surface area contributed by atoms with E-state index in [1.54, 1.807) is 5.32 Å². The van der Waals surface area contributed by atoms with Crippen molar-refractivity contribution >= 4 is 29.8 Å². The van der Waals surface area contributed by atoms with Crippen molar-refractivity contribution in [3.8, 4) is 0 Å². The summed E-state index contributed by atoms with van der Waals surface area (Å²) in [6.45, 7) is 3.15. The molecule has 1 fully saturated rings. The molecule has 1 aliphatic heterocycles. The zero-order chi connectivity index (χ0) is 23.2. The van der Waals surface area contributed by atoms with Crippen molar-refractivity contribution < 1.29 is 60.8 Å². The van der Waals surface area contributed by atoms with Crippen LogP contribution in [0, 0.1) is 0 Å². The molecule has 1 N–H and O–H groups in total. The van der Waals surface area contributed by atoms with Gasteiger partial charge in [-0.25, -0.2) is 0 Å². The molecule has 0 spiro atoms. The van der Waals surface area contributed by atoms with Crippen molar-refractivity contribution in [2.24, 2.45) is 0 Å². The second-order valence-corrected chi connectivity index (χ2v) is 6.10. The van der Waals surface area contributed by atoms with E-state index in [0.717, 1.165) is 27.7 Å². The monoisotopic (exact) mass is 443 g/mol. The smallest absolute Gasteiger partial charge is 0.463 e. The van der Waals surface area contributed by atoms with Crippen LogP contribution in [0.5, 0.6) is 0 Å². The minimum atomic E-state index is -5.35. The van der Waals surface area contributed by atoms with E-state index >= 15 is 0 Å². The molecule has 0 aromatic rings. The van der Waals surface area contributed by atoms with Gasteiger partial charge in [0.25, 0.3) is 0 Å². The second-order valence-electron chi connectivity index (χ2n) is 6.10. The first-order chi connectivity index (χ1) is 13.7. The maximum Gasteiger partial charge on any atom is 0.471 e. The lowest BCUT2D eigenvalue weighted by Crippen LogP contribution is -2.68. The first-order valence-electron chi connectivity index (χ1n) is 8.40. The molecule has 170 valence electrons. The van der Waals surface area contributed by atoms with E-state index in [-0.39, 0.29) is 0 Å². The van der Waals surface area contributed by atoms with Crippen LogP contribution in [0.4, 0.5) is 13.2 Å². The summed E-state index contributed by atoms with van der Waals surface area (Å²) in [6, 6.07) is -1.87. The Balaban J connectivity index is 3.41. The van der Waals surface area contributed by atoms with Gasteiger partial charge in [-0.1, -0.05) is 0 Å². The summed E-state index contributed by atoms with van der Waals surface area (Å²) in [5.41, 5.74) is 0. The molecule has 0 aromatic carbocycles. The van der Waals surface area contributed by atoms with E-state index in [1.165, 1.54) is 0 Å². The Morgan fingerprint density at radius 1 is 0.833 bits per heavy atom. The van der Waals surface area contributed by atoms with Crippen LogP contribution >= 0.6 is 0 Å². The highest BCUT2D eigenvalue weighted by atomic mass is 19.4. The molecule has 1 rings (SSSR count). The molecular weight excluding hydrogens is 423 g/mol.